The van der Waals surface area contributed by atoms with Gasteiger partial charge in [-0.3, -0.25) is 9.59 Å². The molecule has 1 aliphatic carbocycles. The molecule has 108 valence electrons. The number of nitrogens with one attached hydrogen (secondary N) is 1. The standard InChI is InChI=1S/C15H18FNO3/c1-20-14(18)3-2-8-17-15(19)13-9-12(13)10-4-6-11(16)7-5-10/h4-7,12-13H,2-3,8-9H2,1H3,(H,17,19). The summed E-state index contributed by atoms with van der Waals surface area (Å²) in [6.45, 7) is 0.473. The van der Waals surface area contributed by atoms with Crippen LogP contribution in [0.5, 0.6) is 0 Å². The van der Waals surface area contributed by atoms with Gasteiger partial charge in [0.05, 0.1) is 7.11 Å². The third-order valence-electron chi connectivity index (χ3n) is 3.51. The van der Waals surface area contributed by atoms with Gasteiger partial charge in [0.1, 0.15) is 5.82 Å². The third kappa shape index (κ3) is 3.79. The van der Waals surface area contributed by atoms with Crippen LogP contribution in [0.4, 0.5) is 4.39 Å². The predicted octanol–water partition coefficient (Wildman–Crippen LogP) is 2.00. The Kier molecular flexibility index (Phi) is 4.71. The molecule has 1 aromatic rings. The molecule has 0 radical (unpaired) electrons. The first kappa shape index (κ1) is 14.5. The van der Waals surface area contributed by atoms with Crippen LogP contribution in [-0.2, 0) is 14.3 Å². The number of ether oxygens (including phenoxy) is 1. The van der Waals surface area contributed by atoms with E-state index in [-0.39, 0.29) is 29.5 Å². The molecule has 1 fully saturated rings. The van der Waals surface area contributed by atoms with E-state index >= 15 is 0 Å². The van der Waals surface area contributed by atoms with Crippen LogP contribution in [0.15, 0.2) is 24.3 Å². The fourth-order valence-electron chi connectivity index (χ4n) is 2.24. The maximum Gasteiger partial charge on any atom is 0.305 e. The number of carbonyl (C=O) groups excluding carboxylic acids is 2. The molecule has 0 saturated heterocycles. The van der Waals surface area contributed by atoms with Crippen LogP contribution < -0.4 is 5.32 Å². The fourth-order valence-corrected chi connectivity index (χ4v) is 2.24. The lowest BCUT2D eigenvalue weighted by Crippen LogP contribution is -2.26. The van der Waals surface area contributed by atoms with Gasteiger partial charge in [-0.15, -0.1) is 0 Å². The molecule has 0 bridgehead atoms. The summed E-state index contributed by atoms with van der Waals surface area (Å²) in [5.74, 6) is -0.368. The summed E-state index contributed by atoms with van der Waals surface area (Å²) in [6, 6.07) is 6.28. The monoisotopic (exact) mass is 279 g/mol. The van der Waals surface area contributed by atoms with Gasteiger partial charge in [-0.2, -0.15) is 0 Å². The molecule has 2 unspecified atom stereocenters. The number of carbonyl (C=O) groups is 2. The zero-order valence-electron chi connectivity index (χ0n) is 11.4. The first-order valence-corrected chi connectivity index (χ1v) is 6.72. The molecular weight excluding hydrogens is 261 g/mol. The van der Waals surface area contributed by atoms with Crippen LogP contribution in [0.2, 0.25) is 0 Å². The smallest absolute Gasteiger partial charge is 0.305 e. The molecule has 0 aromatic heterocycles. The number of hydrogen-bond acceptors (Lipinski definition) is 3. The summed E-state index contributed by atoms with van der Waals surface area (Å²) in [4.78, 5) is 22.8. The van der Waals surface area contributed by atoms with Crippen LogP contribution in [0, 0.1) is 11.7 Å². The van der Waals surface area contributed by atoms with Crippen molar-refractivity contribution < 1.29 is 18.7 Å². The maximum absolute atomic E-state index is 12.8. The van der Waals surface area contributed by atoms with E-state index in [1.807, 2.05) is 0 Å². The molecule has 2 atom stereocenters. The minimum absolute atomic E-state index is 0.00388. The summed E-state index contributed by atoms with van der Waals surface area (Å²) < 4.78 is 17.3. The quantitative estimate of drug-likeness (QED) is 0.640. The van der Waals surface area contributed by atoms with Crippen molar-refractivity contribution >= 4 is 11.9 Å². The van der Waals surface area contributed by atoms with E-state index in [0.29, 0.717) is 19.4 Å². The second kappa shape index (κ2) is 6.50. The van der Waals surface area contributed by atoms with Gasteiger partial charge in [0, 0.05) is 18.9 Å². The Morgan fingerprint density at radius 3 is 2.70 bits per heavy atom. The average Bonchev–Trinajstić information content (AvgIpc) is 3.24. The summed E-state index contributed by atoms with van der Waals surface area (Å²) in [7, 11) is 1.35. The average molecular weight is 279 g/mol. The molecule has 1 aliphatic rings. The molecule has 1 aromatic carbocycles. The van der Waals surface area contributed by atoms with Crippen LogP contribution in [-0.4, -0.2) is 25.5 Å². The Hall–Kier alpha value is -1.91. The SMILES string of the molecule is COC(=O)CCCNC(=O)C1CC1c1ccc(F)cc1. The molecule has 0 heterocycles. The molecule has 0 aliphatic heterocycles. The zero-order valence-corrected chi connectivity index (χ0v) is 11.4. The summed E-state index contributed by atoms with van der Waals surface area (Å²) in [5.41, 5.74) is 1.00. The lowest BCUT2D eigenvalue weighted by molar-refractivity contribution is -0.140. The minimum Gasteiger partial charge on any atom is -0.469 e. The number of hydrogen-bond donors (Lipinski definition) is 1. The largest absolute Gasteiger partial charge is 0.469 e. The van der Waals surface area contributed by atoms with Gasteiger partial charge in [0.15, 0.2) is 0 Å². The van der Waals surface area contributed by atoms with Crippen LogP contribution in [0.3, 0.4) is 0 Å². The fraction of sp³-hybridized carbons (Fsp3) is 0.467. The molecule has 1 saturated carbocycles. The van der Waals surface area contributed by atoms with E-state index in [1.165, 1.54) is 19.2 Å². The van der Waals surface area contributed by atoms with E-state index in [0.717, 1.165) is 12.0 Å². The van der Waals surface area contributed by atoms with E-state index in [1.54, 1.807) is 12.1 Å². The Labute approximate surface area is 117 Å². The van der Waals surface area contributed by atoms with Gasteiger partial charge in [-0.05, 0) is 36.5 Å². The van der Waals surface area contributed by atoms with E-state index in [9.17, 15) is 14.0 Å². The second-order valence-corrected chi connectivity index (χ2v) is 4.97. The van der Waals surface area contributed by atoms with Crippen molar-refractivity contribution in [2.75, 3.05) is 13.7 Å². The lowest BCUT2D eigenvalue weighted by atomic mass is 10.1. The highest BCUT2D eigenvalue weighted by Crippen LogP contribution is 2.47. The molecule has 20 heavy (non-hydrogen) atoms. The van der Waals surface area contributed by atoms with Crippen LogP contribution in [0.25, 0.3) is 0 Å². The number of esters is 1. The lowest BCUT2D eigenvalue weighted by Gasteiger charge is -2.04. The Morgan fingerprint density at radius 1 is 1.35 bits per heavy atom. The number of methoxy groups -OCH3 is 1. The molecule has 1 amide bonds. The van der Waals surface area contributed by atoms with Crippen molar-refractivity contribution in [2.45, 2.75) is 25.2 Å². The van der Waals surface area contributed by atoms with Gasteiger partial charge in [-0.25, -0.2) is 4.39 Å². The van der Waals surface area contributed by atoms with Gasteiger partial charge in [-0.1, -0.05) is 12.1 Å². The number of benzene rings is 1. The van der Waals surface area contributed by atoms with Crippen molar-refractivity contribution in [3.05, 3.63) is 35.6 Å². The van der Waals surface area contributed by atoms with Gasteiger partial charge in [0.2, 0.25) is 5.91 Å². The Morgan fingerprint density at radius 2 is 2.05 bits per heavy atom. The van der Waals surface area contributed by atoms with Crippen molar-refractivity contribution in [3.63, 3.8) is 0 Å². The highest BCUT2D eigenvalue weighted by atomic mass is 19.1. The Bertz CT molecular complexity index is 486. The van der Waals surface area contributed by atoms with Crippen molar-refractivity contribution in [1.29, 1.82) is 0 Å². The van der Waals surface area contributed by atoms with Crippen molar-refractivity contribution in [3.8, 4) is 0 Å². The molecular formula is C15H18FNO3. The number of amides is 1. The van der Waals surface area contributed by atoms with E-state index < -0.39 is 0 Å². The third-order valence-corrected chi connectivity index (χ3v) is 3.51. The first-order chi connectivity index (χ1) is 9.61. The molecule has 2 rings (SSSR count). The van der Waals surface area contributed by atoms with E-state index in [4.69, 9.17) is 0 Å². The topological polar surface area (TPSA) is 55.4 Å². The molecule has 5 heteroatoms. The molecule has 0 spiro atoms. The van der Waals surface area contributed by atoms with Crippen molar-refractivity contribution in [2.24, 2.45) is 5.92 Å². The molecule has 1 N–H and O–H groups in total. The number of rotatable bonds is 6. The van der Waals surface area contributed by atoms with E-state index in [2.05, 4.69) is 10.1 Å². The summed E-state index contributed by atoms with van der Waals surface area (Å²) in [5, 5.41) is 2.81. The van der Waals surface area contributed by atoms with Crippen molar-refractivity contribution in [1.82, 2.24) is 5.32 Å². The minimum atomic E-state index is -0.269. The molecule has 4 nitrogen and oxygen atoms in total. The predicted molar refractivity (Wildman–Crippen MR) is 71.5 cm³/mol. The van der Waals surface area contributed by atoms with Crippen LogP contribution in [0.1, 0.15) is 30.7 Å². The summed E-state index contributed by atoms with van der Waals surface area (Å²) >= 11 is 0. The second-order valence-electron chi connectivity index (χ2n) is 4.97. The van der Waals surface area contributed by atoms with Gasteiger partial charge >= 0.3 is 5.97 Å². The highest BCUT2D eigenvalue weighted by molar-refractivity contribution is 5.82. The van der Waals surface area contributed by atoms with Crippen LogP contribution >= 0.6 is 0 Å². The normalized spacial score (nSPS) is 20.3. The van der Waals surface area contributed by atoms with Gasteiger partial charge < -0.3 is 10.1 Å². The number of halogens is 1. The highest BCUT2D eigenvalue weighted by Gasteiger charge is 2.43. The zero-order chi connectivity index (χ0) is 14.5. The first-order valence-electron chi connectivity index (χ1n) is 6.72. The Balaban J connectivity index is 1.70. The summed E-state index contributed by atoms with van der Waals surface area (Å²) in [6.07, 6.45) is 1.68. The van der Waals surface area contributed by atoms with Gasteiger partial charge in [0.25, 0.3) is 0 Å². The maximum atomic E-state index is 12.8.